The molecule has 0 radical (unpaired) electrons. The molecule has 2 aromatic rings. The first-order chi connectivity index (χ1) is 7.92. The van der Waals surface area contributed by atoms with Gasteiger partial charge in [-0.3, -0.25) is 4.68 Å². The van der Waals surface area contributed by atoms with Crippen molar-refractivity contribution in [3.8, 4) is 0 Å². The Morgan fingerprint density at radius 3 is 2.82 bits per heavy atom. The van der Waals surface area contributed by atoms with E-state index in [2.05, 4.69) is 20.4 Å². The van der Waals surface area contributed by atoms with Crippen LogP contribution in [0.5, 0.6) is 0 Å². The number of nitrogens with zero attached hydrogens (tertiary/aromatic N) is 4. The molecule has 2 aromatic heterocycles. The lowest BCUT2D eigenvalue weighted by Crippen LogP contribution is -2.40. The Balaban J connectivity index is 2.46. The highest BCUT2D eigenvalue weighted by molar-refractivity contribution is 5.89. The molecule has 17 heavy (non-hydrogen) atoms. The molecule has 0 aliphatic carbocycles. The monoisotopic (exact) mass is 235 g/mol. The number of carbonyl (C=O) groups is 1. The van der Waals surface area contributed by atoms with Gasteiger partial charge < -0.3 is 10.4 Å². The zero-order chi connectivity index (χ0) is 12.6. The fourth-order valence-electron chi connectivity index (χ4n) is 1.41. The molecule has 0 bridgehead atoms. The minimum Gasteiger partial charge on any atom is -0.480 e. The quantitative estimate of drug-likeness (QED) is 0.810. The minimum absolute atomic E-state index is 0.468. The van der Waals surface area contributed by atoms with Crippen molar-refractivity contribution in [1.29, 1.82) is 0 Å². The Kier molecular flexibility index (Phi) is 2.45. The van der Waals surface area contributed by atoms with E-state index in [4.69, 9.17) is 5.11 Å². The first-order valence-electron chi connectivity index (χ1n) is 5.06. The van der Waals surface area contributed by atoms with Crippen molar-refractivity contribution in [1.82, 2.24) is 19.7 Å². The predicted octanol–water partition coefficient (Wildman–Crippen LogP) is 0.638. The molecule has 2 heterocycles. The van der Waals surface area contributed by atoms with Crippen LogP contribution in [0.3, 0.4) is 0 Å². The number of nitrogens with one attached hydrogen (secondary N) is 1. The van der Waals surface area contributed by atoms with Gasteiger partial charge in [0.2, 0.25) is 0 Å². The van der Waals surface area contributed by atoms with Gasteiger partial charge >= 0.3 is 5.97 Å². The molecule has 0 unspecified atom stereocenters. The topological polar surface area (TPSA) is 92.9 Å². The molecule has 7 heteroatoms. The molecular formula is C10H13N5O2. The second-order valence-corrected chi connectivity index (χ2v) is 4.28. The zero-order valence-electron chi connectivity index (χ0n) is 9.80. The van der Waals surface area contributed by atoms with Crippen LogP contribution in [-0.4, -0.2) is 36.4 Å². The fourth-order valence-corrected chi connectivity index (χ4v) is 1.41. The summed E-state index contributed by atoms with van der Waals surface area (Å²) in [4.78, 5) is 19.2. The van der Waals surface area contributed by atoms with Crippen molar-refractivity contribution in [2.75, 3.05) is 5.32 Å². The van der Waals surface area contributed by atoms with Gasteiger partial charge in [-0.05, 0) is 13.8 Å². The summed E-state index contributed by atoms with van der Waals surface area (Å²) in [6.07, 6.45) is 2.99. The summed E-state index contributed by atoms with van der Waals surface area (Å²) in [6.45, 7) is 3.14. The van der Waals surface area contributed by atoms with Crippen molar-refractivity contribution >= 4 is 22.8 Å². The summed E-state index contributed by atoms with van der Waals surface area (Å²) >= 11 is 0. The maximum Gasteiger partial charge on any atom is 0.328 e. The molecule has 0 aromatic carbocycles. The minimum atomic E-state index is -1.10. The van der Waals surface area contributed by atoms with Crippen LogP contribution in [0.15, 0.2) is 12.5 Å². The van der Waals surface area contributed by atoms with E-state index in [1.54, 1.807) is 31.8 Å². The van der Waals surface area contributed by atoms with Crippen molar-refractivity contribution in [3.63, 3.8) is 0 Å². The Morgan fingerprint density at radius 1 is 1.47 bits per heavy atom. The third-order valence-corrected chi connectivity index (χ3v) is 2.50. The van der Waals surface area contributed by atoms with Crippen molar-refractivity contribution in [3.05, 3.63) is 12.5 Å². The molecule has 0 saturated heterocycles. The second kappa shape index (κ2) is 3.69. The molecular weight excluding hydrogens is 222 g/mol. The van der Waals surface area contributed by atoms with Gasteiger partial charge in [0, 0.05) is 7.05 Å². The molecule has 0 spiro atoms. The number of aliphatic carboxylic acids is 1. The molecule has 7 nitrogen and oxygen atoms in total. The van der Waals surface area contributed by atoms with Crippen LogP contribution in [0, 0.1) is 0 Å². The third-order valence-electron chi connectivity index (χ3n) is 2.50. The lowest BCUT2D eigenvalue weighted by atomic mass is 10.1. The lowest BCUT2D eigenvalue weighted by molar-refractivity contribution is -0.141. The number of rotatable bonds is 3. The van der Waals surface area contributed by atoms with Gasteiger partial charge in [0.1, 0.15) is 17.7 Å². The summed E-state index contributed by atoms with van der Waals surface area (Å²) in [5, 5.41) is 16.7. The zero-order valence-corrected chi connectivity index (χ0v) is 9.80. The molecule has 0 aliphatic rings. The standard InChI is InChI=1S/C10H13N5O2/c1-10(2,9(16)17)14-7-6-4-13-15(3)8(6)12-5-11-7/h4-5H,1-3H3,(H,16,17)(H,11,12,14). The number of fused-ring (bicyclic) bond motifs is 1. The van der Waals surface area contributed by atoms with Crippen molar-refractivity contribution in [2.45, 2.75) is 19.4 Å². The van der Waals surface area contributed by atoms with Gasteiger partial charge in [-0.25, -0.2) is 14.8 Å². The lowest BCUT2D eigenvalue weighted by Gasteiger charge is -2.21. The van der Waals surface area contributed by atoms with Crippen molar-refractivity contribution in [2.24, 2.45) is 7.05 Å². The Labute approximate surface area is 97.5 Å². The van der Waals surface area contributed by atoms with E-state index in [9.17, 15) is 4.79 Å². The largest absolute Gasteiger partial charge is 0.480 e. The Bertz CT molecular complexity index is 575. The number of carboxylic acid groups (broad SMARTS) is 1. The number of aromatic nitrogens is 4. The molecule has 0 atom stereocenters. The SMILES string of the molecule is Cn1ncc2c(NC(C)(C)C(=O)O)ncnc21. The number of hydrogen-bond donors (Lipinski definition) is 2. The van der Waals surface area contributed by atoms with Gasteiger partial charge in [0.15, 0.2) is 5.65 Å². The molecule has 90 valence electrons. The second-order valence-electron chi connectivity index (χ2n) is 4.28. The highest BCUT2D eigenvalue weighted by Crippen LogP contribution is 2.21. The third kappa shape index (κ3) is 1.91. The highest BCUT2D eigenvalue weighted by atomic mass is 16.4. The van der Waals surface area contributed by atoms with E-state index in [1.807, 2.05) is 0 Å². The van der Waals surface area contributed by atoms with Gasteiger partial charge in [-0.2, -0.15) is 5.10 Å². The van der Waals surface area contributed by atoms with Gasteiger partial charge in [0.25, 0.3) is 0 Å². The summed E-state index contributed by atoms with van der Waals surface area (Å²) in [7, 11) is 1.77. The Morgan fingerprint density at radius 2 is 2.18 bits per heavy atom. The van der Waals surface area contributed by atoms with Gasteiger partial charge in [-0.1, -0.05) is 0 Å². The van der Waals surface area contributed by atoms with Crippen LogP contribution in [0.2, 0.25) is 0 Å². The van der Waals surface area contributed by atoms with Gasteiger partial charge in [0.05, 0.1) is 11.6 Å². The summed E-state index contributed by atoms with van der Waals surface area (Å²) in [6, 6.07) is 0. The predicted molar refractivity (Wildman–Crippen MR) is 61.6 cm³/mol. The normalized spacial score (nSPS) is 11.7. The van der Waals surface area contributed by atoms with Gasteiger partial charge in [-0.15, -0.1) is 0 Å². The summed E-state index contributed by atoms with van der Waals surface area (Å²) < 4.78 is 1.61. The average Bonchev–Trinajstić information content (AvgIpc) is 2.61. The fraction of sp³-hybridized carbons (Fsp3) is 0.400. The van der Waals surface area contributed by atoms with Crippen molar-refractivity contribution < 1.29 is 9.90 Å². The highest BCUT2D eigenvalue weighted by Gasteiger charge is 2.28. The van der Waals surface area contributed by atoms with Crippen LogP contribution in [0.4, 0.5) is 5.82 Å². The maximum atomic E-state index is 11.0. The molecule has 0 aliphatic heterocycles. The number of hydrogen-bond acceptors (Lipinski definition) is 5. The molecule has 2 N–H and O–H groups in total. The van der Waals surface area contributed by atoms with Crippen LogP contribution >= 0.6 is 0 Å². The van der Waals surface area contributed by atoms with E-state index in [1.165, 1.54) is 6.33 Å². The molecule has 0 amide bonds. The number of aryl methyl sites for hydroxylation is 1. The smallest absolute Gasteiger partial charge is 0.328 e. The Hall–Kier alpha value is -2.18. The van der Waals surface area contributed by atoms with Crippen LogP contribution in [-0.2, 0) is 11.8 Å². The van der Waals surface area contributed by atoms with Crippen LogP contribution < -0.4 is 5.32 Å². The van der Waals surface area contributed by atoms with E-state index in [0.29, 0.717) is 16.9 Å². The first kappa shape index (κ1) is 11.3. The first-order valence-corrected chi connectivity index (χ1v) is 5.06. The van der Waals surface area contributed by atoms with E-state index in [0.717, 1.165) is 0 Å². The molecule has 2 rings (SSSR count). The van der Waals surface area contributed by atoms with E-state index >= 15 is 0 Å². The summed E-state index contributed by atoms with van der Waals surface area (Å²) in [5.41, 5.74) is -0.444. The van der Waals surface area contributed by atoms with E-state index < -0.39 is 11.5 Å². The maximum absolute atomic E-state index is 11.0. The number of carboxylic acids is 1. The van der Waals surface area contributed by atoms with Crippen LogP contribution in [0.25, 0.3) is 11.0 Å². The van der Waals surface area contributed by atoms with Crippen LogP contribution in [0.1, 0.15) is 13.8 Å². The molecule has 0 fully saturated rings. The average molecular weight is 235 g/mol. The number of anilines is 1. The summed E-state index contributed by atoms with van der Waals surface area (Å²) in [5.74, 6) is -0.483. The molecule has 0 saturated carbocycles. The van der Waals surface area contributed by atoms with E-state index in [-0.39, 0.29) is 0 Å².